The molecule has 0 aliphatic carbocycles. The van der Waals surface area contributed by atoms with E-state index < -0.39 is 10.0 Å². The van der Waals surface area contributed by atoms with Crippen molar-refractivity contribution in [2.45, 2.75) is 17.7 Å². The topological polar surface area (TPSA) is 59.1 Å². The first-order valence-corrected chi connectivity index (χ1v) is 9.83. The Hall–Kier alpha value is -0.820. The molecule has 2 rings (SSSR count). The van der Waals surface area contributed by atoms with Gasteiger partial charge >= 0.3 is 0 Å². The van der Waals surface area contributed by atoms with Crippen molar-refractivity contribution >= 4 is 44.3 Å². The van der Waals surface area contributed by atoms with Gasteiger partial charge in [-0.3, -0.25) is 0 Å². The molecule has 1 N–H and O–H groups in total. The molecule has 0 saturated carbocycles. The van der Waals surface area contributed by atoms with Crippen molar-refractivity contribution in [3.63, 3.8) is 0 Å². The lowest BCUT2D eigenvalue weighted by Gasteiger charge is -2.07. The fourth-order valence-corrected chi connectivity index (χ4v) is 3.66. The number of hydrogen-bond acceptors (Lipinski definition) is 4. The Morgan fingerprint density at radius 3 is 2.81 bits per heavy atom. The second-order valence-electron chi connectivity index (χ2n) is 4.59. The van der Waals surface area contributed by atoms with Crippen LogP contribution in [0.5, 0.6) is 0 Å². The number of thioether (sulfide) groups is 1. The fourth-order valence-electron chi connectivity index (χ4n) is 1.91. The lowest BCUT2D eigenvalue weighted by atomic mass is 10.2. The van der Waals surface area contributed by atoms with Crippen molar-refractivity contribution < 1.29 is 8.42 Å². The van der Waals surface area contributed by atoms with Crippen LogP contribution < -0.4 is 4.72 Å². The maximum absolute atomic E-state index is 12.2. The number of sulfonamides is 1. The normalized spacial score (nSPS) is 11.9. The average molecular weight is 345 g/mol. The highest BCUT2D eigenvalue weighted by Crippen LogP contribution is 2.19. The van der Waals surface area contributed by atoms with Gasteiger partial charge in [0.2, 0.25) is 10.0 Å². The van der Waals surface area contributed by atoms with Crippen LogP contribution in [0.3, 0.4) is 0 Å². The number of rotatable bonds is 7. The van der Waals surface area contributed by atoms with Gasteiger partial charge in [0.05, 0.1) is 10.4 Å². The van der Waals surface area contributed by atoms with Gasteiger partial charge in [-0.1, -0.05) is 11.6 Å². The summed E-state index contributed by atoms with van der Waals surface area (Å²) in [5.41, 5.74) is 0.682. The molecular weight excluding hydrogens is 328 g/mol. The van der Waals surface area contributed by atoms with Gasteiger partial charge in [-0.25, -0.2) is 18.1 Å². The number of halogens is 1. The van der Waals surface area contributed by atoms with Gasteiger partial charge in [-0.2, -0.15) is 11.8 Å². The van der Waals surface area contributed by atoms with E-state index in [2.05, 4.69) is 9.71 Å². The number of nitrogens with one attached hydrogen (secondary N) is 1. The molecular formula is C14H17ClN2O2S2. The molecule has 0 unspecified atom stereocenters. The minimum absolute atomic E-state index is 0.254. The van der Waals surface area contributed by atoms with E-state index in [0.29, 0.717) is 17.2 Å². The highest BCUT2D eigenvalue weighted by Gasteiger charge is 2.13. The van der Waals surface area contributed by atoms with Gasteiger partial charge in [-0.05, 0) is 55.2 Å². The molecule has 0 spiro atoms. The molecule has 0 radical (unpaired) electrons. The van der Waals surface area contributed by atoms with Gasteiger partial charge in [0, 0.05) is 11.9 Å². The van der Waals surface area contributed by atoms with Crippen molar-refractivity contribution in [3.05, 3.63) is 35.5 Å². The summed E-state index contributed by atoms with van der Waals surface area (Å²) < 4.78 is 27.1. The highest BCUT2D eigenvalue weighted by molar-refractivity contribution is 7.98. The number of pyridine rings is 1. The largest absolute Gasteiger partial charge is 0.240 e. The fraction of sp³-hybridized carbons (Fsp3) is 0.357. The predicted octanol–water partition coefficient (Wildman–Crippen LogP) is 3.31. The minimum Gasteiger partial charge on any atom is -0.236 e. The second-order valence-corrected chi connectivity index (χ2v) is 7.73. The van der Waals surface area contributed by atoms with E-state index >= 15 is 0 Å². The molecule has 21 heavy (non-hydrogen) atoms. The molecule has 4 nitrogen and oxygen atoms in total. The van der Waals surface area contributed by atoms with Crippen molar-refractivity contribution in [2.24, 2.45) is 0 Å². The third-order valence-electron chi connectivity index (χ3n) is 3.00. The number of benzene rings is 1. The molecule has 1 aromatic carbocycles. The molecule has 0 atom stereocenters. The molecule has 7 heteroatoms. The first-order valence-electron chi connectivity index (χ1n) is 6.58. The molecule has 2 aromatic rings. The van der Waals surface area contributed by atoms with Gasteiger partial charge in [0.1, 0.15) is 5.15 Å². The molecule has 114 valence electrons. The third-order valence-corrected chi connectivity index (χ3v) is 5.37. The Bertz CT molecular complexity index is 720. The number of unbranched alkanes of at least 4 members (excludes halogenated alkanes) is 1. The van der Waals surface area contributed by atoms with Crippen LogP contribution in [0, 0.1) is 0 Å². The minimum atomic E-state index is -3.47. The maximum atomic E-state index is 12.2. The first kappa shape index (κ1) is 16.5. The molecule has 0 bridgehead atoms. The first-order chi connectivity index (χ1) is 10.0. The summed E-state index contributed by atoms with van der Waals surface area (Å²) in [6.45, 7) is 0.458. The number of fused-ring (bicyclic) bond motifs is 1. The van der Waals surface area contributed by atoms with E-state index in [1.54, 1.807) is 42.1 Å². The van der Waals surface area contributed by atoms with Crippen molar-refractivity contribution in [2.75, 3.05) is 18.6 Å². The van der Waals surface area contributed by atoms with Crippen molar-refractivity contribution in [1.82, 2.24) is 9.71 Å². The lowest BCUT2D eigenvalue weighted by molar-refractivity contribution is 0.578. The molecule has 1 aromatic heterocycles. The summed E-state index contributed by atoms with van der Waals surface area (Å²) in [5.74, 6) is 1.05. The average Bonchev–Trinajstić information content (AvgIpc) is 2.46. The van der Waals surface area contributed by atoms with Crippen LogP contribution in [-0.2, 0) is 10.0 Å². The molecule has 0 amide bonds. The van der Waals surface area contributed by atoms with E-state index in [1.807, 2.05) is 6.26 Å². The van der Waals surface area contributed by atoms with E-state index in [1.165, 1.54) is 0 Å². The molecule has 0 aliphatic heterocycles. The quantitative estimate of drug-likeness (QED) is 0.618. The Kier molecular flexibility index (Phi) is 5.87. The third kappa shape index (κ3) is 4.57. The van der Waals surface area contributed by atoms with Crippen LogP contribution in [0.25, 0.3) is 10.9 Å². The molecule has 1 heterocycles. The van der Waals surface area contributed by atoms with E-state index in [9.17, 15) is 8.42 Å². The summed E-state index contributed by atoms with van der Waals surface area (Å²) in [4.78, 5) is 4.40. The Morgan fingerprint density at radius 1 is 1.24 bits per heavy atom. The zero-order chi connectivity index (χ0) is 15.3. The van der Waals surface area contributed by atoms with Gasteiger partial charge in [0.15, 0.2) is 0 Å². The summed E-state index contributed by atoms with van der Waals surface area (Å²) in [6.07, 6.45) is 3.88. The van der Waals surface area contributed by atoms with Crippen LogP contribution >= 0.6 is 23.4 Å². The highest BCUT2D eigenvalue weighted by atomic mass is 35.5. The Balaban J connectivity index is 2.11. The summed E-state index contributed by atoms with van der Waals surface area (Å²) in [6, 6.07) is 8.25. The van der Waals surface area contributed by atoms with Crippen LogP contribution in [0.4, 0.5) is 0 Å². The summed E-state index contributed by atoms with van der Waals surface area (Å²) in [7, 11) is -3.47. The van der Waals surface area contributed by atoms with Crippen LogP contribution in [0.1, 0.15) is 12.8 Å². The summed E-state index contributed by atoms with van der Waals surface area (Å²) in [5, 5.41) is 1.15. The second kappa shape index (κ2) is 7.45. The number of nitrogens with zero attached hydrogens (tertiary/aromatic N) is 1. The zero-order valence-corrected chi connectivity index (χ0v) is 14.1. The van der Waals surface area contributed by atoms with E-state index in [4.69, 9.17) is 11.6 Å². The van der Waals surface area contributed by atoms with Crippen LogP contribution in [-0.4, -0.2) is 32.0 Å². The maximum Gasteiger partial charge on any atom is 0.240 e. The SMILES string of the molecule is CSCCCCNS(=O)(=O)c1ccc2nc(Cl)ccc2c1. The van der Waals surface area contributed by atoms with Crippen molar-refractivity contribution in [1.29, 1.82) is 0 Å². The standard InChI is InChI=1S/C14H17ClN2O2S2/c1-20-9-3-2-8-16-21(18,19)12-5-6-13-11(10-12)4-7-14(15)17-13/h4-7,10,16H,2-3,8-9H2,1H3. The van der Waals surface area contributed by atoms with E-state index in [-0.39, 0.29) is 4.90 Å². The van der Waals surface area contributed by atoms with Crippen LogP contribution in [0.15, 0.2) is 35.2 Å². The lowest BCUT2D eigenvalue weighted by Crippen LogP contribution is -2.24. The molecule has 0 saturated heterocycles. The Labute approximate surface area is 134 Å². The predicted molar refractivity (Wildman–Crippen MR) is 89.6 cm³/mol. The van der Waals surface area contributed by atoms with Crippen molar-refractivity contribution in [3.8, 4) is 0 Å². The number of aromatic nitrogens is 1. The molecule has 0 fully saturated rings. The zero-order valence-electron chi connectivity index (χ0n) is 11.7. The summed E-state index contributed by atoms with van der Waals surface area (Å²) >= 11 is 7.58. The van der Waals surface area contributed by atoms with Gasteiger partial charge in [-0.15, -0.1) is 0 Å². The van der Waals surface area contributed by atoms with Crippen LogP contribution in [0.2, 0.25) is 5.15 Å². The van der Waals surface area contributed by atoms with Gasteiger partial charge in [0.25, 0.3) is 0 Å². The number of hydrogen-bond donors (Lipinski definition) is 1. The Morgan fingerprint density at radius 2 is 2.05 bits per heavy atom. The molecule has 0 aliphatic rings. The monoisotopic (exact) mass is 344 g/mol. The van der Waals surface area contributed by atoms with E-state index in [0.717, 1.165) is 24.0 Å². The smallest absolute Gasteiger partial charge is 0.236 e. The van der Waals surface area contributed by atoms with Gasteiger partial charge < -0.3 is 0 Å².